The molecule has 102 valence electrons. The Hall–Kier alpha value is -0.610. The molecule has 0 aromatic rings. The van der Waals surface area contributed by atoms with Gasteiger partial charge in [0.1, 0.15) is 0 Å². The topological polar surface area (TPSA) is 35.6 Å². The number of piperidine rings is 1. The van der Waals surface area contributed by atoms with Gasteiger partial charge in [0.15, 0.2) is 0 Å². The summed E-state index contributed by atoms with van der Waals surface area (Å²) in [5.74, 6) is 1.24. The van der Waals surface area contributed by atoms with Crippen molar-refractivity contribution in [1.29, 1.82) is 0 Å². The zero-order valence-electron chi connectivity index (χ0n) is 11.4. The molecular weight excluding hydrogens is 226 g/mol. The third-order valence-electron chi connectivity index (χ3n) is 4.83. The van der Waals surface area contributed by atoms with Crippen molar-refractivity contribution in [2.45, 2.75) is 44.7 Å². The Labute approximate surface area is 110 Å². The second-order valence-corrected chi connectivity index (χ2v) is 6.28. The molecule has 3 fully saturated rings. The zero-order valence-corrected chi connectivity index (χ0v) is 11.4. The highest BCUT2D eigenvalue weighted by atomic mass is 16.2. The largest absolute Gasteiger partial charge is 0.337 e. The van der Waals surface area contributed by atoms with Gasteiger partial charge in [0.2, 0.25) is 5.91 Å². The first kappa shape index (κ1) is 12.4. The minimum Gasteiger partial charge on any atom is -0.337 e. The number of fused-ring (bicyclic) bond motifs is 1. The minimum absolute atomic E-state index is 0.384. The fraction of sp³-hybridized carbons (Fsp3) is 0.929. The van der Waals surface area contributed by atoms with Crippen molar-refractivity contribution in [3.05, 3.63) is 0 Å². The summed E-state index contributed by atoms with van der Waals surface area (Å²) < 4.78 is 0. The van der Waals surface area contributed by atoms with Gasteiger partial charge in [-0.25, -0.2) is 0 Å². The highest BCUT2D eigenvalue weighted by Crippen LogP contribution is 2.25. The molecule has 3 aliphatic heterocycles. The van der Waals surface area contributed by atoms with Gasteiger partial charge < -0.3 is 10.2 Å². The van der Waals surface area contributed by atoms with E-state index in [1.165, 1.54) is 25.9 Å². The molecule has 0 aliphatic carbocycles. The molecule has 3 saturated heterocycles. The van der Waals surface area contributed by atoms with E-state index in [2.05, 4.69) is 22.0 Å². The molecule has 1 N–H and O–H groups in total. The summed E-state index contributed by atoms with van der Waals surface area (Å²) in [7, 11) is 0. The van der Waals surface area contributed by atoms with Gasteiger partial charge in [-0.15, -0.1) is 0 Å². The van der Waals surface area contributed by atoms with E-state index in [0.29, 0.717) is 18.0 Å². The molecule has 0 aromatic heterocycles. The Kier molecular flexibility index (Phi) is 3.57. The van der Waals surface area contributed by atoms with Crippen LogP contribution in [0.15, 0.2) is 0 Å². The second-order valence-electron chi connectivity index (χ2n) is 6.28. The van der Waals surface area contributed by atoms with E-state index in [4.69, 9.17) is 0 Å². The summed E-state index contributed by atoms with van der Waals surface area (Å²) in [6.45, 7) is 7.87. The van der Waals surface area contributed by atoms with E-state index < -0.39 is 0 Å². The quantitative estimate of drug-likeness (QED) is 0.784. The zero-order chi connectivity index (χ0) is 12.5. The Morgan fingerprint density at radius 2 is 2.22 bits per heavy atom. The number of carbonyl (C=O) groups excluding carboxylic acids is 1. The molecule has 3 unspecified atom stereocenters. The lowest BCUT2D eigenvalue weighted by atomic mass is 9.92. The van der Waals surface area contributed by atoms with Crippen molar-refractivity contribution >= 4 is 5.91 Å². The maximum Gasteiger partial charge on any atom is 0.222 e. The predicted octanol–water partition coefficient (Wildman–Crippen LogP) is 0.681. The van der Waals surface area contributed by atoms with Crippen LogP contribution >= 0.6 is 0 Å². The monoisotopic (exact) mass is 251 g/mol. The molecule has 18 heavy (non-hydrogen) atoms. The lowest BCUT2D eigenvalue weighted by Crippen LogP contribution is -2.53. The highest BCUT2D eigenvalue weighted by molar-refractivity contribution is 5.78. The first-order valence-electron chi connectivity index (χ1n) is 7.47. The first-order valence-corrected chi connectivity index (χ1v) is 7.47. The van der Waals surface area contributed by atoms with Gasteiger partial charge in [0.05, 0.1) is 0 Å². The van der Waals surface area contributed by atoms with Crippen molar-refractivity contribution in [3.63, 3.8) is 0 Å². The number of hydrogen-bond donors (Lipinski definition) is 1. The van der Waals surface area contributed by atoms with Crippen LogP contribution in [0.25, 0.3) is 0 Å². The predicted molar refractivity (Wildman–Crippen MR) is 71.4 cm³/mol. The average molecular weight is 251 g/mol. The summed E-state index contributed by atoms with van der Waals surface area (Å²) in [5.41, 5.74) is 0. The molecule has 3 atom stereocenters. The normalized spacial score (nSPS) is 37.9. The molecule has 0 spiro atoms. The lowest BCUT2D eigenvalue weighted by molar-refractivity contribution is -0.130. The third-order valence-corrected chi connectivity index (χ3v) is 4.83. The number of nitrogens with zero attached hydrogens (tertiary/aromatic N) is 2. The van der Waals surface area contributed by atoms with Gasteiger partial charge in [0, 0.05) is 44.7 Å². The van der Waals surface area contributed by atoms with Crippen LogP contribution < -0.4 is 5.32 Å². The maximum absolute atomic E-state index is 11.6. The van der Waals surface area contributed by atoms with Crippen molar-refractivity contribution in [2.24, 2.45) is 5.92 Å². The minimum atomic E-state index is 0.384. The number of carbonyl (C=O) groups is 1. The fourth-order valence-electron chi connectivity index (χ4n) is 3.86. The Balaban J connectivity index is 1.51. The van der Waals surface area contributed by atoms with Crippen LogP contribution in [0.3, 0.4) is 0 Å². The molecule has 1 amide bonds. The van der Waals surface area contributed by atoms with Crippen LogP contribution in [0.2, 0.25) is 0 Å². The molecule has 0 bridgehead atoms. The van der Waals surface area contributed by atoms with Gasteiger partial charge >= 0.3 is 0 Å². The van der Waals surface area contributed by atoms with Crippen LogP contribution in [0.1, 0.15) is 32.6 Å². The van der Waals surface area contributed by atoms with E-state index >= 15 is 0 Å². The average Bonchev–Trinajstić information content (AvgIpc) is 2.71. The molecule has 0 saturated carbocycles. The fourth-order valence-corrected chi connectivity index (χ4v) is 3.86. The summed E-state index contributed by atoms with van der Waals surface area (Å²) in [6.07, 6.45) is 4.48. The SMILES string of the molecule is CC1CC(CN2CCN3C(=O)CCC3C2)CCN1. The van der Waals surface area contributed by atoms with Crippen molar-refractivity contribution in [1.82, 2.24) is 15.1 Å². The highest BCUT2D eigenvalue weighted by Gasteiger charge is 2.36. The molecule has 4 heteroatoms. The van der Waals surface area contributed by atoms with Crippen molar-refractivity contribution in [3.8, 4) is 0 Å². The second kappa shape index (κ2) is 5.17. The Bertz CT molecular complexity index is 320. The van der Waals surface area contributed by atoms with E-state index in [-0.39, 0.29) is 0 Å². The van der Waals surface area contributed by atoms with Gasteiger partial charge in [-0.1, -0.05) is 0 Å². The van der Waals surface area contributed by atoms with Crippen LogP contribution in [0, 0.1) is 5.92 Å². The molecule has 3 aliphatic rings. The summed E-state index contributed by atoms with van der Waals surface area (Å²) in [5, 5.41) is 3.52. The number of amides is 1. The van der Waals surface area contributed by atoms with E-state index in [9.17, 15) is 4.79 Å². The maximum atomic E-state index is 11.6. The van der Waals surface area contributed by atoms with Crippen LogP contribution in [0.5, 0.6) is 0 Å². The summed E-state index contributed by atoms with van der Waals surface area (Å²) in [4.78, 5) is 16.4. The van der Waals surface area contributed by atoms with E-state index in [0.717, 1.165) is 38.4 Å². The first-order chi connectivity index (χ1) is 8.72. The van der Waals surface area contributed by atoms with Crippen LogP contribution in [0.4, 0.5) is 0 Å². The summed E-state index contributed by atoms with van der Waals surface area (Å²) >= 11 is 0. The number of hydrogen-bond acceptors (Lipinski definition) is 3. The third kappa shape index (κ3) is 2.54. The molecule has 3 heterocycles. The number of piperazine rings is 1. The molecule has 4 nitrogen and oxygen atoms in total. The van der Waals surface area contributed by atoms with E-state index in [1.54, 1.807) is 0 Å². The Morgan fingerprint density at radius 1 is 1.33 bits per heavy atom. The van der Waals surface area contributed by atoms with Gasteiger partial charge in [-0.05, 0) is 38.6 Å². The Morgan fingerprint density at radius 3 is 3.06 bits per heavy atom. The lowest BCUT2D eigenvalue weighted by Gasteiger charge is -2.40. The van der Waals surface area contributed by atoms with Gasteiger partial charge in [-0.3, -0.25) is 9.69 Å². The summed E-state index contributed by atoms with van der Waals surface area (Å²) in [6, 6.07) is 1.20. The number of nitrogens with one attached hydrogen (secondary N) is 1. The van der Waals surface area contributed by atoms with Crippen molar-refractivity contribution < 1.29 is 4.79 Å². The van der Waals surface area contributed by atoms with Crippen LogP contribution in [-0.4, -0.2) is 60.5 Å². The standard InChI is InChI=1S/C14H25N3O/c1-11-8-12(4-5-15-11)9-16-6-7-17-13(10-16)2-3-14(17)18/h11-13,15H,2-10H2,1H3. The molecule has 0 aromatic carbocycles. The molecule has 0 radical (unpaired) electrons. The van der Waals surface area contributed by atoms with E-state index in [1.807, 2.05) is 0 Å². The van der Waals surface area contributed by atoms with Crippen LogP contribution in [-0.2, 0) is 4.79 Å². The van der Waals surface area contributed by atoms with Gasteiger partial charge in [-0.2, -0.15) is 0 Å². The van der Waals surface area contributed by atoms with Crippen molar-refractivity contribution in [2.75, 3.05) is 32.7 Å². The molecule has 3 rings (SSSR count). The number of rotatable bonds is 2. The van der Waals surface area contributed by atoms with Gasteiger partial charge in [0.25, 0.3) is 0 Å². The molecular formula is C14H25N3O. The smallest absolute Gasteiger partial charge is 0.222 e.